The molecule has 4 heterocycles. The van der Waals surface area contributed by atoms with Gasteiger partial charge in [-0.15, -0.1) is 0 Å². The molecule has 166 valence electrons. The maximum atomic E-state index is 13.6. The highest BCUT2D eigenvalue weighted by molar-refractivity contribution is 7.85. The lowest BCUT2D eigenvalue weighted by Crippen LogP contribution is -2.48. The highest BCUT2D eigenvalue weighted by Gasteiger charge is 2.29. The molecule has 2 aliphatic heterocycles. The zero-order chi connectivity index (χ0) is 22.2. The molecule has 1 aromatic carbocycles. The Bertz CT molecular complexity index is 1260. The number of aromatic amines is 1. The third-order valence-corrected chi connectivity index (χ3v) is 7.04. The van der Waals surface area contributed by atoms with Crippen molar-refractivity contribution in [3.8, 4) is 0 Å². The number of rotatable bonds is 4. The molecule has 1 saturated heterocycles. The van der Waals surface area contributed by atoms with Gasteiger partial charge >= 0.3 is 0 Å². The van der Waals surface area contributed by atoms with Crippen LogP contribution in [0.3, 0.4) is 0 Å². The van der Waals surface area contributed by atoms with Gasteiger partial charge in [0.25, 0.3) is 5.56 Å². The lowest BCUT2D eigenvalue weighted by Gasteiger charge is -2.35. The normalized spacial score (nSPS) is 18.0. The first-order valence-corrected chi connectivity index (χ1v) is 11.7. The standard InChI is InChI=1S/C21H22FN7O2S/c1-13-11-17(20(30)27-26-13)28-6-8-29(9-7-28)21-24-16-5-10-32(31)18(16)19(25-21)23-15-4-2-3-14(22)12-15/h2-4,11-12H,5-10H2,1H3,(H,27,30)(H,23,24,25). The van der Waals surface area contributed by atoms with Gasteiger partial charge in [-0.25, -0.2) is 14.5 Å². The number of piperazine rings is 1. The Morgan fingerprint density at radius 3 is 2.69 bits per heavy atom. The van der Waals surface area contributed by atoms with Gasteiger partial charge in [0.1, 0.15) is 16.4 Å². The van der Waals surface area contributed by atoms with E-state index in [-0.39, 0.29) is 11.4 Å². The highest BCUT2D eigenvalue weighted by Crippen LogP contribution is 2.32. The maximum absolute atomic E-state index is 13.6. The van der Waals surface area contributed by atoms with Crippen LogP contribution in [0.1, 0.15) is 11.4 Å². The summed E-state index contributed by atoms with van der Waals surface area (Å²) in [5.41, 5.74) is 2.46. The van der Waals surface area contributed by atoms with Crippen LogP contribution in [0.5, 0.6) is 0 Å². The highest BCUT2D eigenvalue weighted by atomic mass is 32.2. The van der Waals surface area contributed by atoms with E-state index in [1.807, 2.05) is 11.8 Å². The summed E-state index contributed by atoms with van der Waals surface area (Å²) in [7, 11) is -1.19. The van der Waals surface area contributed by atoms with Crippen molar-refractivity contribution in [1.82, 2.24) is 20.2 Å². The summed E-state index contributed by atoms with van der Waals surface area (Å²) in [6, 6.07) is 7.88. The van der Waals surface area contributed by atoms with Crippen molar-refractivity contribution in [3.05, 3.63) is 57.9 Å². The predicted molar refractivity (Wildman–Crippen MR) is 121 cm³/mol. The first-order chi connectivity index (χ1) is 15.5. The van der Waals surface area contributed by atoms with E-state index in [4.69, 9.17) is 0 Å². The SMILES string of the molecule is Cc1cc(N2CCN(c3nc4c(c(Nc5cccc(F)c5)n3)S(=O)CC4)CC2)c(=O)[nH]n1. The molecule has 9 nitrogen and oxygen atoms in total. The van der Waals surface area contributed by atoms with Gasteiger partial charge in [-0.2, -0.15) is 10.1 Å². The van der Waals surface area contributed by atoms with Gasteiger partial charge in [0, 0.05) is 44.0 Å². The number of nitrogens with zero attached hydrogens (tertiary/aromatic N) is 5. The van der Waals surface area contributed by atoms with Crippen molar-refractivity contribution < 1.29 is 8.60 Å². The third kappa shape index (κ3) is 3.95. The average molecular weight is 456 g/mol. The molecule has 0 bridgehead atoms. The van der Waals surface area contributed by atoms with Gasteiger partial charge in [0.2, 0.25) is 5.95 Å². The van der Waals surface area contributed by atoms with Crippen molar-refractivity contribution in [1.29, 1.82) is 0 Å². The summed E-state index contributed by atoms with van der Waals surface area (Å²) >= 11 is 0. The van der Waals surface area contributed by atoms with Crippen LogP contribution in [0.25, 0.3) is 0 Å². The lowest BCUT2D eigenvalue weighted by atomic mass is 10.2. The number of hydrogen-bond donors (Lipinski definition) is 2. The Hall–Kier alpha value is -3.34. The van der Waals surface area contributed by atoms with E-state index in [2.05, 4.69) is 30.4 Å². The third-order valence-electron chi connectivity index (χ3n) is 5.58. The predicted octanol–water partition coefficient (Wildman–Crippen LogP) is 1.74. The number of anilines is 4. The molecule has 11 heteroatoms. The van der Waals surface area contributed by atoms with Crippen LogP contribution >= 0.6 is 0 Å². The molecule has 0 saturated carbocycles. The smallest absolute Gasteiger partial charge is 0.287 e. The molecule has 1 fully saturated rings. The number of halogens is 1. The Balaban J connectivity index is 1.40. The minimum atomic E-state index is -1.19. The molecule has 32 heavy (non-hydrogen) atoms. The summed E-state index contributed by atoms with van der Waals surface area (Å²) in [4.78, 5) is 26.2. The molecule has 2 N–H and O–H groups in total. The molecule has 0 spiro atoms. The van der Waals surface area contributed by atoms with Gasteiger partial charge in [-0.1, -0.05) is 6.07 Å². The second kappa shape index (κ2) is 8.30. The summed E-state index contributed by atoms with van der Waals surface area (Å²) < 4.78 is 26.2. The summed E-state index contributed by atoms with van der Waals surface area (Å²) in [6.07, 6.45) is 0.612. The quantitative estimate of drug-likeness (QED) is 0.613. The van der Waals surface area contributed by atoms with Gasteiger partial charge < -0.3 is 15.1 Å². The van der Waals surface area contributed by atoms with Crippen molar-refractivity contribution >= 4 is 33.9 Å². The van der Waals surface area contributed by atoms with E-state index in [1.54, 1.807) is 18.2 Å². The summed E-state index contributed by atoms with van der Waals surface area (Å²) in [5, 5.41) is 9.59. The van der Waals surface area contributed by atoms with E-state index >= 15 is 0 Å². The molecule has 3 aromatic rings. The van der Waals surface area contributed by atoms with E-state index in [0.29, 0.717) is 66.4 Å². The fourth-order valence-corrected chi connectivity index (χ4v) is 5.29. The second-order valence-corrected chi connectivity index (χ2v) is 9.29. The number of fused-ring (bicyclic) bond motifs is 1. The molecule has 0 aliphatic carbocycles. The molecule has 1 unspecified atom stereocenters. The van der Waals surface area contributed by atoms with Crippen molar-refractivity contribution in [3.63, 3.8) is 0 Å². The first-order valence-electron chi connectivity index (χ1n) is 10.4. The Morgan fingerprint density at radius 2 is 1.91 bits per heavy atom. The molecule has 5 rings (SSSR count). The fourth-order valence-electron chi connectivity index (χ4n) is 3.99. The molecule has 2 aliphatic rings. The minimum absolute atomic E-state index is 0.207. The van der Waals surface area contributed by atoms with Gasteiger partial charge in [0.15, 0.2) is 5.82 Å². The van der Waals surface area contributed by atoms with Gasteiger partial charge in [0.05, 0.1) is 22.2 Å². The van der Waals surface area contributed by atoms with Crippen molar-refractivity contribution in [2.24, 2.45) is 0 Å². The monoisotopic (exact) mass is 455 g/mol. The number of aryl methyl sites for hydroxylation is 2. The van der Waals surface area contributed by atoms with Crippen molar-refractivity contribution in [2.45, 2.75) is 18.2 Å². The summed E-state index contributed by atoms with van der Waals surface area (Å²) in [6.45, 7) is 4.35. The number of nitrogens with one attached hydrogen (secondary N) is 2. The van der Waals surface area contributed by atoms with E-state index in [1.165, 1.54) is 12.1 Å². The molecule has 1 atom stereocenters. The van der Waals surface area contributed by atoms with Crippen LogP contribution in [0, 0.1) is 12.7 Å². The van der Waals surface area contributed by atoms with Crippen LogP contribution in [0.15, 0.2) is 40.0 Å². The number of aromatic nitrogens is 4. The van der Waals surface area contributed by atoms with E-state index < -0.39 is 10.8 Å². The Kier molecular flexibility index (Phi) is 5.33. The number of H-pyrrole nitrogens is 1. The zero-order valence-electron chi connectivity index (χ0n) is 17.5. The Labute approximate surface area is 186 Å². The van der Waals surface area contributed by atoms with Crippen LogP contribution in [-0.2, 0) is 17.2 Å². The topological polar surface area (TPSA) is 107 Å². The van der Waals surface area contributed by atoms with Crippen LogP contribution < -0.4 is 20.7 Å². The second-order valence-electron chi connectivity index (χ2n) is 7.78. The molecular formula is C21H22FN7O2S. The fraction of sp³-hybridized carbons (Fsp3) is 0.333. The zero-order valence-corrected chi connectivity index (χ0v) is 18.3. The van der Waals surface area contributed by atoms with Crippen LogP contribution in [0.2, 0.25) is 0 Å². The largest absolute Gasteiger partial charge is 0.363 e. The van der Waals surface area contributed by atoms with Crippen LogP contribution in [-0.4, -0.2) is 56.3 Å². The van der Waals surface area contributed by atoms with E-state index in [9.17, 15) is 13.4 Å². The minimum Gasteiger partial charge on any atom is -0.363 e. The van der Waals surface area contributed by atoms with Crippen LogP contribution in [0.4, 0.5) is 27.5 Å². The Morgan fingerprint density at radius 1 is 1.12 bits per heavy atom. The van der Waals surface area contributed by atoms with Crippen molar-refractivity contribution in [2.75, 3.05) is 47.0 Å². The van der Waals surface area contributed by atoms with Gasteiger partial charge in [-0.3, -0.25) is 9.00 Å². The maximum Gasteiger partial charge on any atom is 0.287 e. The number of benzene rings is 1. The first kappa shape index (κ1) is 20.6. The molecule has 0 radical (unpaired) electrons. The van der Waals surface area contributed by atoms with Gasteiger partial charge in [-0.05, 0) is 31.2 Å². The number of hydrogen-bond acceptors (Lipinski definition) is 8. The average Bonchev–Trinajstić information content (AvgIpc) is 3.16. The molecular weight excluding hydrogens is 433 g/mol. The van der Waals surface area contributed by atoms with E-state index in [0.717, 1.165) is 11.4 Å². The molecule has 0 amide bonds. The lowest BCUT2D eigenvalue weighted by molar-refractivity contribution is 0.628. The molecule has 2 aromatic heterocycles. The summed E-state index contributed by atoms with van der Waals surface area (Å²) in [5.74, 6) is 1.14.